The third kappa shape index (κ3) is 2.35. The fourth-order valence-electron chi connectivity index (χ4n) is 1.22. The highest BCUT2D eigenvalue weighted by molar-refractivity contribution is 5.49. The first kappa shape index (κ1) is 9.28. The Bertz CT molecular complexity index is 471. The van der Waals surface area contributed by atoms with E-state index in [0.29, 0.717) is 12.1 Å². The maximum atomic E-state index is 8.71. The van der Waals surface area contributed by atoms with Crippen LogP contribution in [0.3, 0.4) is 0 Å². The lowest BCUT2D eigenvalue weighted by Gasteiger charge is -2.03. The fraction of sp³-hybridized carbons (Fsp3) is 0.0909. The third-order valence-corrected chi connectivity index (χ3v) is 1.94. The molecule has 0 spiro atoms. The van der Waals surface area contributed by atoms with Crippen LogP contribution in [0, 0.1) is 11.3 Å². The van der Waals surface area contributed by atoms with Gasteiger partial charge in [0.05, 0.1) is 24.4 Å². The smallest absolute Gasteiger partial charge is 0.180 e. The van der Waals surface area contributed by atoms with Crippen molar-refractivity contribution < 1.29 is 4.42 Å². The second-order valence-electron chi connectivity index (χ2n) is 3.01. The standard InChI is InChI=1S/C11H9N3O/c12-5-9-2-1-3-10(4-9)14-7-11-6-13-8-15-11/h1-4,6,8,14H,7H2. The molecule has 0 aliphatic carbocycles. The Morgan fingerprint density at radius 1 is 1.47 bits per heavy atom. The minimum atomic E-state index is 0.564. The maximum absolute atomic E-state index is 8.71. The van der Waals surface area contributed by atoms with Gasteiger partial charge in [-0.25, -0.2) is 4.98 Å². The quantitative estimate of drug-likeness (QED) is 0.822. The molecule has 0 atom stereocenters. The fourth-order valence-corrected chi connectivity index (χ4v) is 1.22. The number of hydrogen-bond acceptors (Lipinski definition) is 4. The normalized spacial score (nSPS) is 9.53. The molecule has 0 amide bonds. The monoisotopic (exact) mass is 199 g/mol. The molecule has 0 saturated carbocycles. The summed E-state index contributed by atoms with van der Waals surface area (Å²) in [5.41, 5.74) is 1.53. The second-order valence-corrected chi connectivity index (χ2v) is 3.01. The van der Waals surface area contributed by atoms with Gasteiger partial charge in [0.15, 0.2) is 6.39 Å². The zero-order chi connectivity index (χ0) is 10.5. The van der Waals surface area contributed by atoms with Gasteiger partial charge in [0.1, 0.15) is 5.76 Å². The van der Waals surface area contributed by atoms with Crippen LogP contribution in [0.25, 0.3) is 0 Å². The molecule has 0 saturated heterocycles. The lowest BCUT2D eigenvalue weighted by atomic mass is 10.2. The molecular formula is C11H9N3O. The second kappa shape index (κ2) is 4.29. The topological polar surface area (TPSA) is 61.9 Å². The highest BCUT2D eigenvalue weighted by Crippen LogP contribution is 2.11. The lowest BCUT2D eigenvalue weighted by molar-refractivity contribution is 0.512. The molecule has 0 radical (unpaired) electrons. The number of nitriles is 1. The van der Waals surface area contributed by atoms with Gasteiger partial charge in [0.25, 0.3) is 0 Å². The minimum Gasteiger partial charge on any atom is -0.447 e. The van der Waals surface area contributed by atoms with Gasteiger partial charge in [-0.1, -0.05) is 6.07 Å². The highest BCUT2D eigenvalue weighted by Gasteiger charge is 1.97. The van der Waals surface area contributed by atoms with Crippen LogP contribution in [0.5, 0.6) is 0 Å². The number of nitrogens with one attached hydrogen (secondary N) is 1. The SMILES string of the molecule is N#Cc1cccc(NCc2cnco2)c1. The van der Waals surface area contributed by atoms with Gasteiger partial charge in [-0.2, -0.15) is 5.26 Å². The zero-order valence-electron chi connectivity index (χ0n) is 7.97. The molecule has 15 heavy (non-hydrogen) atoms. The number of nitrogens with zero attached hydrogens (tertiary/aromatic N) is 2. The van der Waals surface area contributed by atoms with Crippen molar-refractivity contribution in [3.63, 3.8) is 0 Å². The van der Waals surface area contributed by atoms with Gasteiger partial charge in [-0.05, 0) is 18.2 Å². The van der Waals surface area contributed by atoms with Crippen LogP contribution in [-0.4, -0.2) is 4.98 Å². The summed E-state index contributed by atoms with van der Waals surface area (Å²) in [6.07, 6.45) is 3.05. The molecule has 0 fully saturated rings. The summed E-state index contributed by atoms with van der Waals surface area (Å²) in [5, 5.41) is 11.8. The molecule has 1 N–H and O–H groups in total. The Balaban J connectivity index is 2.02. The Hall–Kier alpha value is -2.28. The summed E-state index contributed by atoms with van der Waals surface area (Å²) in [7, 11) is 0. The first-order chi connectivity index (χ1) is 7.38. The highest BCUT2D eigenvalue weighted by atomic mass is 16.3. The van der Waals surface area contributed by atoms with Gasteiger partial charge in [-0.15, -0.1) is 0 Å². The summed E-state index contributed by atoms with van der Waals surface area (Å²) >= 11 is 0. The summed E-state index contributed by atoms with van der Waals surface area (Å²) < 4.78 is 5.07. The molecule has 74 valence electrons. The zero-order valence-corrected chi connectivity index (χ0v) is 7.97. The molecule has 0 bridgehead atoms. The Morgan fingerprint density at radius 2 is 2.40 bits per heavy atom. The van der Waals surface area contributed by atoms with Gasteiger partial charge in [0, 0.05) is 5.69 Å². The van der Waals surface area contributed by atoms with Crippen molar-refractivity contribution in [2.24, 2.45) is 0 Å². The lowest BCUT2D eigenvalue weighted by Crippen LogP contribution is -1.97. The Labute approximate surface area is 87.2 Å². The van der Waals surface area contributed by atoms with E-state index in [4.69, 9.17) is 9.68 Å². The van der Waals surface area contributed by atoms with Gasteiger partial charge in [0.2, 0.25) is 0 Å². The molecule has 1 aromatic heterocycles. The van der Waals surface area contributed by atoms with Crippen LogP contribution in [0.2, 0.25) is 0 Å². The summed E-state index contributed by atoms with van der Waals surface area (Å²) in [6.45, 7) is 0.564. The van der Waals surface area contributed by atoms with E-state index in [-0.39, 0.29) is 0 Å². The third-order valence-electron chi connectivity index (χ3n) is 1.94. The van der Waals surface area contributed by atoms with Crippen molar-refractivity contribution in [2.75, 3.05) is 5.32 Å². The molecule has 1 aromatic carbocycles. The summed E-state index contributed by atoms with van der Waals surface area (Å²) in [6, 6.07) is 9.37. The van der Waals surface area contributed by atoms with Gasteiger partial charge in [-0.3, -0.25) is 0 Å². The predicted octanol–water partition coefficient (Wildman–Crippen LogP) is 2.16. The van der Waals surface area contributed by atoms with E-state index in [1.54, 1.807) is 18.3 Å². The van der Waals surface area contributed by atoms with E-state index in [1.807, 2.05) is 12.1 Å². The van der Waals surface area contributed by atoms with E-state index in [0.717, 1.165) is 11.4 Å². The summed E-state index contributed by atoms with van der Waals surface area (Å²) in [4.78, 5) is 3.81. The molecule has 1 heterocycles. The Morgan fingerprint density at radius 3 is 3.13 bits per heavy atom. The van der Waals surface area contributed by atoms with E-state index in [9.17, 15) is 0 Å². The van der Waals surface area contributed by atoms with Crippen molar-refractivity contribution >= 4 is 5.69 Å². The summed E-state index contributed by atoms with van der Waals surface area (Å²) in [5.74, 6) is 0.761. The van der Waals surface area contributed by atoms with E-state index < -0.39 is 0 Å². The van der Waals surface area contributed by atoms with Crippen LogP contribution in [0.4, 0.5) is 5.69 Å². The van der Waals surface area contributed by atoms with Crippen LogP contribution in [0.1, 0.15) is 11.3 Å². The van der Waals surface area contributed by atoms with Gasteiger partial charge >= 0.3 is 0 Å². The number of hydrogen-bond donors (Lipinski definition) is 1. The van der Waals surface area contributed by atoms with E-state index in [1.165, 1.54) is 6.39 Å². The van der Waals surface area contributed by atoms with Gasteiger partial charge < -0.3 is 9.73 Å². The van der Waals surface area contributed by atoms with Crippen LogP contribution < -0.4 is 5.32 Å². The van der Waals surface area contributed by atoms with Crippen molar-refractivity contribution in [2.45, 2.75) is 6.54 Å². The van der Waals surface area contributed by atoms with Crippen molar-refractivity contribution in [1.29, 1.82) is 5.26 Å². The molecule has 0 aliphatic heterocycles. The molecule has 0 unspecified atom stereocenters. The molecular weight excluding hydrogens is 190 g/mol. The first-order valence-corrected chi connectivity index (χ1v) is 4.50. The average molecular weight is 199 g/mol. The average Bonchev–Trinajstić information content (AvgIpc) is 2.79. The van der Waals surface area contributed by atoms with Crippen molar-refractivity contribution in [3.8, 4) is 6.07 Å². The van der Waals surface area contributed by atoms with Crippen LogP contribution in [-0.2, 0) is 6.54 Å². The van der Waals surface area contributed by atoms with Crippen molar-refractivity contribution in [3.05, 3.63) is 48.2 Å². The molecule has 0 aliphatic rings. The number of benzene rings is 1. The minimum absolute atomic E-state index is 0.564. The largest absolute Gasteiger partial charge is 0.447 e. The predicted molar refractivity (Wildman–Crippen MR) is 55.0 cm³/mol. The molecule has 4 heteroatoms. The maximum Gasteiger partial charge on any atom is 0.180 e. The number of rotatable bonds is 3. The molecule has 2 rings (SSSR count). The van der Waals surface area contributed by atoms with Crippen LogP contribution in [0.15, 0.2) is 41.3 Å². The first-order valence-electron chi connectivity index (χ1n) is 4.50. The Kier molecular flexibility index (Phi) is 2.65. The number of anilines is 1. The van der Waals surface area contributed by atoms with E-state index >= 15 is 0 Å². The van der Waals surface area contributed by atoms with E-state index in [2.05, 4.69) is 16.4 Å². The van der Waals surface area contributed by atoms with Crippen LogP contribution >= 0.6 is 0 Å². The number of oxazole rings is 1. The van der Waals surface area contributed by atoms with Crippen molar-refractivity contribution in [1.82, 2.24) is 4.98 Å². The number of aromatic nitrogens is 1. The molecule has 4 nitrogen and oxygen atoms in total. The molecule has 2 aromatic rings.